The summed E-state index contributed by atoms with van der Waals surface area (Å²) < 4.78 is 5.12. The maximum Gasteiger partial charge on any atom is 0.120 e. The number of ether oxygens (including phenoxy) is 1. The van der Waals surface area contributed by atoms with Crippen LogP contribution in [0.2, 0.25) is 5.02 Å². The van der Waals surface area contributed by atoms with Crippen LogP contribution in [0.1, 0.15) is 50.6 Å². The van der Waals surface area contributed by atoms with Crippen molar-refractivity contribution in [2.24, 2.45) is 5.73 Å². The van der Waals surface area contributed by atoms with Crippen molar-refractivity contribution in [3.8, 4) is 5.75 Å². The zero-order valence-electron chi connectivity index (χ0n) is 10.7. The summed E-state index contributed by atoms with van der Waals surface area (Å²) in [6.07, 6.45) is 5.93. The van der Waals surface area contributed by atoms with Gasteiger partial charge in [0.2, 0.25) is 0 Å². The van der Waals surface area contributed by atoms with Crippen LogP contribution in [0.3, 0.4) is 0 Å². The maximum absolute atomic E-state index is 6.18. The van der Waals surface area contributed by atoms with E-state index in [2.05, 4.69) is 6.92 Å². The van der Waals surface area contributed by atoms with Crippen molar-refractivity contribution < 1.29 is 4.74 Å². The van der Waals surface area contributed by atoms with E-state index in [0.717, 1.165) is 24.2 Å². The fourth-order valence-corrected chi connectivity index (χ4v) is 2.19. The van der Waals surface area contributed by atoms with Crippen molar-refractivity contribution in [2.45, 2.75) is 45.1 Å². The average molecular weight is 256 g/mol. The number of unbranched alkanes of at least 4 members (excludes halogenated alkanes) is 3. The molecule has 1 unspecified atom stereocenters. The van der Waals surface area contributed by atoms with Gasteiger partial charge in [-0.25, -0.2) is 0 Å². The van der Waals surface area contributed by atoms with Crippen molar-refractivity contribution in [3.05, 3.63) is 28.8 Å². The lowest BCUT2D eigenvalue weighted by Gasteiger charge is -2.14. The fraction of sp³-hybridized carbons (Fsp3) is 0.571. The third-order valence-corrected chi connectivity index (χ3v) is 3.30. The first kappa shape index (κ1) is 14.3. The summed E-state index contributed by atoms with van der Waals surface area (Å²) >= 11 is 6.18. The number of benzene rings is 1. The van der Waals surface area contributed by atoms with Crippen molar-refractivity contribution >= 4 is 11.6 Å². The van der Waals surface area contributed by atoms with E-state index in [-0.39, 0.29) is 6.04 Å². The first-order valence-corrected chi connectivity index (χ1v) is 6.65. The Hall–Kier alpha value is -0.730. The lowest BCUT2D eigenvalue weighted by Crippen LogP contribution is -2.10. The van der Waals surface area contributed by atoms with E-state index in [1.54, 1.807) is 7.11 Å². The van der Waals surface area contributed by atoms with Crippen molar-refractivity contribution in [1.29, 1.82) is 0 Å². The highest BCUT2D eigenvalue weighted by Gasteiger charge is 2.10. The van der Waals surface area contributed by atoms with Crippen molar-refractivity contribution in [2.75, 3.05) is 7.11 Å². The van der Waals surface area contributed by atoms with Crippen LogP contribution in [-0.2, 0) is 0 Å². The Morgan fingerprint density at radius 1 is 1.29 bits per heavy atom. The minimum atomic E-state index is 0.0327. The predicted molar refractivity (Wildman–Crippen MR) is 73.7 cm³/mol. The van der Waals surface area contributed by atoms with Gasteiger partial charge >= 0.3 is 0 Å². The Balaban J connectivity index is 2.53. The first-order valence-electron chi connectivity index (χ1n) is 6.28. The summed E-state index contributed by atoms with van der Waals surface area (Å²) in [6.45, 7) is 2.21. The van der Waals surface area contributed by atoms with Crippen LogP contribution in [0.5, 0.6) is 5.75 Å². The highest BCUT2D eigenvalue weighted by molar-refractivity contribution is 6.31. The molecule has 0 aliphatic rings. The molecule has 0 aliphatic carbocycles. The van der Waals surface area contributed by atoms with Crippen molar-refractivity contribution in [3.63, 3.8) is 0 Å². The number of hydrogen-bond acceptors (Lipinski definition) is 2. The van der Waals surface area contributed by atoms with Gasteiger partial charge in [0.25, 0.3) is 0 Å². The molecule has 0 spiro atoms. The van der Waals surface area contributed by atoms with Crippen LogP contribution in [0.25, 0.3) is 0 Å². The topological polar surface area (TPSA) is 35.2 Å². The molecule has 1 rings (SSSR count). The molecule has 2 N–H and O–H groups in total. The molecule has 0 saturated carbocycles. The van der Waals surface area contributed by atoms with Crippen LogP contribution in [0.4, 0.5) is 0 Å². The van der Waals surface area contributed by atoms with E-state index in [0.29, 0.717) is 5.02 Å². The molecule has 0 aromatic heterocycles. The summed E-state index contributed by atoms with van der Waals surface area (Å²) in [6, 6.07) is 5.73. The van der Waals surface area contributed by atoms with Gasteiger partial charge in [0.05, 0.1) is 7.11 Å². The van der Waals surface area contributed by atoms with Crippen LogP contribution < -0.4 is 10.5 Å². The molecule has 96 valence electrons. The second kappa shape index (κ2) is 7.57. The minimum Gasteiger partial charge on any atom is -0.497 e. The Morgan fingerprint density at radius 3 is 2.65 bits per heavy atom. The molecule has 0 saturated heterocycles. The van der Waals surface area contributed by atoms with Gasteiger partial charge < -0.3 is 10.5 Å². The minimum absolute atomic E-state index is 0.0327. The summed E-state index contributed by atoms with van der Waals surface area (Å²) in [5, 5.41) is 0.701. The third-order valence-electron chi connectivity index (χ3n) is 2.98. The largest absolute Gasteiger partial charge is 0.497 e. The highest BCUT2D eigenvalue weighted by atomic mass is 35.5. The smallest absolute Gasteiger partial charge is 0.120 e. The van der Waals surface area contributed by atoms with Crippen LogP contribution in [0.15, 0.2) is 18.2 Å². The molecule has 1 aromatic rings. The zero-order chi connectivity index (χ0) is 12.7. The fourth-order valence-electron chi connectivity index (χ4n) is 1.88. The number of nitrogens with two attached hydrogens (primary N) is 1. The standard InChI is InChI=1S/C14H22ClNO/c1-3-4-5-6-7-14(16)12-9-8-11(17-2)10-13(12)15/h8-10,14H,3-7,16H2,1-2H3. The molecular weight excluding hydrogens is 234 g/mol. The first-order chi connectivity index (χ1) is 8.19. The van der Waals surface area contributed by atoms with Gasteiger partial charge in [-0.2, -0.15) is 0 Å². The average Bonchev–Trinajstić information content (AvgIpc) is 2.34. The quantitative estimate of drug-likeness (QED) is 0.737. The van der Waals surface area contributed by atoms with E-state index in [1.807, 2.05) is 18.2 Å². The number of rotatable bonds is 7. The molecule has 2 nitrogen and oxygen atoms in total. The molecule has 0 heterocycles. The van der Waals surface area contributed by atoms with Gasteiger partial charge in [-0.3, -0.25) is 0 Å². The maximum atomic E-state index is 6.18. The Labute approximate surface area is 109 Å². The van der Waals surface area contributed by atoms with Gasteiger partial charge in [-0.05, 0) is 24.1 Å². The normalized spacial score (nSPS) is 12.5. The zero-order valence-corrected chi connectivity index (χ0v) is 11.5. The number of halogens is 1. The van der Waals surface area contributed by atoms with Gasteiger partial charge in [0.1, 0.15) is 5.75 Å². The summed E-state index contributed by atoms with van der Waals surface area (Å²) in [5.41, 5.74) is 7.16. The molecule has 1 atom stereocenters. The van der Waals surface area contributed by atoms with Crippen LogP contribution >= 0.6 is 11.6 Å². The molecular formula is C14H22ClNO. The van der Waals surface area contributed by atoms with Gasteiger partial charge in [-0.15, -0.1) is 0 Å². The summed E-state index contributed by atoms with van der Waals surface area (Å²) in [7, 11) is 1.63. The monoisotopic (exact) mass is 255 g/mol. The molecule has 0 aliphatic heterocycles. The van der Waals surface area contributed by atoms with E-state index >= 15 is 0 Å². The third kappa shape index (κ3) is 4.57. The van der Waals surface area contributed by atoms with Gasteiger partial charge in [0, 0.05) is 11.1 Å². The van der Waals surface area contributed by atoms with E-state index in [4.69, 9.17) is 22.1 Å². The van der Waals surface area contributed by atoms with E-state index in [9.17, 15) is 0 Å². The highest BCUT2D eigenvalue weighted by Crippen LogP contribution is 2.28. The summed E-state index contributed by atoms with van der Waals surface area (Å²) in [4.78, 5) is 0. The molecule has 17 heavy (non-hydrogen) atoms. The molecule has 0 amide bonds. The Morgan fingerprint density at radius 2 is 2.06 bits per heavy atom. The van der Waals surface area contributed by atoms with Crippen LogP contribution in [0, 0.1) is 0 Å². The Kier molecular flexibility index (Phi) is 6.38. The number of hydrogen-bond donors (Lipinski definition) is 1. The number of methoxy groups -OCH3 is 1. The molecule has 0 fully saturated rings. The summed E-state index contributed by atoms with van der Waals surface area (Å²) in [5.74, 6) is 0.775. The Bertz CT molecular complexity index is 341. The lowest BCUT2D eigenvalue weighted by molar-refractivity contribution is 0.414. The van der Waals surface area contributed by atoms with E-state index < -0.39 is 0 Å². The SMILES string of the molecule is CCCCCCC(N)c1ccc(OC)cc1Cl. The van der Waals surface area contributed by atoms with Crippen molar-refractivity contribution in [1.82, 2.24) is 0 Å². The van der Waals surface area contributed by atoms with Crippen LogP contribution in [-0.4, -0.2) is 7.11 Å². The van der Waals surface area contributed by atoms with Gasteiger partial charge in [0.15, 0.2) is 0 Å². The van der Waals surface area contributed by atoms with E-state index in [1.165, 1.54) is 19.3 Å². The molecule has 0 radical (unpaired) electrons. The second-order valence-electron chi connectivity index (χ2n) is 4.34. The molecule has 1 aromatic carbocycles. The lowest BCUT2D eigenvalue weighted by atomic mass is 10.0. The van der Waals surface area contributed by atoms with Gasteiger partial charge in [-0.1, -0.05) is 50.3 Å². The second-order valence-corrected chi connectivity index (χ2v) is 4.75. The molecule has 3 heteroatoms. The molecule has 0 bridgehead atoms. The predicted octanol–water partition coefficient (Wildman–Crippen LogP) is 4.32.